The first-order valence-corrected chi connectivity index (χ1v) is 7.57. The number of hydrogen-bond acceptors (Lipinski definition) is 2. The molecule has 0 aromatic carbocycles. The van der Waals surface area contributed by atoms with Gasteiger partial charge in [-0.2, -0.15) is 0 Å². The van der Waals surface area contributed by atoms with Gasteiger partial charge in [0.05, 0.1) is 6.61 Å². The third-order valence-electron chi connectivity index (χ3n) is 4.08. The lowest BCUT2D eigenvalue weighted by Gasteiger charge is -2.16. The summed E-state index contributed by atoms with van der Waals surface area (Å²) in [5.74, 6) is 1.97. The van der Waals surface area contributed by atoms with Crippen molar-refractivity contribution >= 4 is 5.97 Å². The molecule has 0 unspecified atom stereocenters. The van der Waals surface area contributed by atoms with Crippen LogP contribution < -0.4 is 0 Å². The summed E-state index contributed by atoms with van der Waals surface area (Å²) < 4.78 is 4.58. The van der Waals surface area contributed by atoms with Crippen molar-refractivity contribution in [1.29, 1.82) is 0 Å². The number of hydrogen-bond donors (Lipinski definition) is 0. The molecule has 0 aromatic rings. The van der Waals surface area contributed by atoms with Gasteiger partial charge in [0, 0.05) is 6.08 Å². The largest absolute Gasteiger partial charge is 0.463 e. The Morgan fingerprint density at radius 2 is 1.56 bits per heavy atom. The van der Waals surface area contributed by atoms with Crippen molar-refractivity contribution in [3.63, 3.8) is 0 Å². The number of rotatable bonds is 4. The Morgan fingerprint density at radius 1 is 1.11 bits per heavy atom. The fraction of sp³-hybridized carbons (Fsp3) is 0.812. The van der Waals surface area contributed by atoms with E-state index in [-0.39, 0.29) is 5.97 Å². The molecule has 104 valence electrons. The summed E-state index contributed by atoms with van der Waals surface area (Å²) in [5, 5.41) is 0. The van der Waals surface area contributed by atoms with E-state index in [1.165, 1.54) is 25.7 Å². The minimum atomic E-state index is -0.341. The van der Waals surface area contributed by atoms with E-state index >= 15 is 0 Å². The molecule has 2 rings (SSSR count). The first-order valence-electron chi connectivity index (χ1n) is 7.57. The van der Waals surface area contributed by atoms with Crippen molar-refractivity contribution in [3.8, 4) is 0 Å². The van der Waals surface area contributed by atoms with Gasteiger partial charge in [-0.05, 0) is 18.3 Å². The first kappa shape index (κ1) is 15.3. The normalized spacial score (nSPS) is 20.3. The number of carbonyl (C=O) groups excluding carboxylic acids is 1. The van der Waals surface area contributed by atoms with Gasteiger partial charge in [-0.3, -0.25) is 0 Å². The van der Waals surface area contributed by atoms with Gasteiger partial charge in [0.1, 0.15) is 0 Å². The summed E-state index contributed by atoms with van der Waals surface area (Å²) in [4.78, 5) is 10.2. The second-order valence-corrected chi connectivity index (χ2v) is 5.46. The van der Waals surface area contributed by atoms with Crippen LogP contribution in [0.3, 0.4) is 0 Å². The minimum Gasteiger partial charge on any atom is -0.463 e. The van der Waals surface area contributed by atoms with E-state index in [1.54, 1.807) is 25.7 Å². The summed E-state index contributed by atoms with van der Waals surface area (Å²) in [6.45, 7) is 5.67. The first-order chi connectivity index (χ1) is 8.77. The lowest BCUT2D eigenvalue weighted by Crippen LogP contribution is -2.06. The molecule has 2 saturated carbocycles. The molecule has 0 bridgehead atoms. The minimum absolute atomic E-state index is 0.341. The molecule has 0 amide bonds. The van der Waals surface area contributed by atoms with Crippen LogP contribution >= 0.6 is 0 Å². The molecule has 18 heavy (non-hydrogen) atoms. The Kier molecular flexibility index (Phi) is 7.79. The Balaban J connectivity index is 0.000000187. The Labute approximate surface area is 112 Å². The topological polar surface area (TPSA) is 26.3 Å². The van der Waals surface area contributed by atoms with Crippen LogP contribution in [0.5, 0.6) is 0 Å². The van der Waals surface area contributed by atoms with Crippen LogP contribution in [-0.4, -0.2) is 12.6 Å². The van der Waals surface area contributed by atoms with E-state index in [0.29, 0.717) is 6.61 Å². The quantitative estimate of drug-likeness (QED) is 0.544. The molecule has 0 saturated heterocycles. The van der Waals surface area contributed by atoms with E-state index in [0.717, 1.165) is 24.3 Å². The Morgan fingerprint density at radius 3 is 1.89 bits per heavy atom. The molecular weight excluding hydrogens is 224 g/mol. The zero-order chi connectivity index (χ0) is 13.2. The molecule has 0 aromatic heterocycles. The van der Waals surface area contributed by atoms with Crippen molar-refractivity contribution in [2.75, 3.05) is 6.61 Å². The number of esters is 1. The van der Waals surface area contributed by atoms with Crippen LogP contribution in [0.4, 0.5) is 0 Å². The maximum Gasteiger partial charge on any atom is 0.330 e. The van der Waals surface area contributed by atoms with Crippen molar-refractivity contribution in [1.82, 2.24) is 0 Å². The zero-order valence-corrected chi connectivity index (χ0v) is 11.8. The maximum absolute atomic E-state index is 10.2. The highest BCUT2D eigenvalue weighted by atomic mass is 16.5. The molecular formula is C16H28O2. The summed E-state index contributed by atoms with van der Waals surface area (Å²) in [5.41, 5.74) is 0. The highest BCUT2D eigenvalue weighted by Crippen LogP contribution is 2.39. The van der Waals surface area contributed by atoms with Crippen LogP contribution in [0.25, 0.3) is 0 Å². The second-order valence-electron chi connectivity index (χ2n) is 5.46. The Bertz CT molecular complexity index is 221. The number of carbonyl (C=O) groups is 1. The molecule has 0 heterocycles. The summed E-state index contributed by atoms with van der Waals surface area (Å²) in [7, 11) is 0. The molecule has 2 aliphatic rings. The molecule has 2 aliphatic carbocycles. The van der Waals surface area contributed by atoms with Crippen LogP contribution in [0.1, 0.15) is 64.7 Å². The second kappa shape index (κ2) is 9.18. The molecule has 2 heteroatoms. The summed E-state index contributed by atoms with van der Waals surface area (Å²) in [6.07, 6.45) is 14.4. The van der Waals surface area contributed by atoms with Gasteiger partial charge < -0.3 is 4.74 Å². The fourth-order valence-electron chi connectivity index (χ4n) is 3.12. The van der Waals surface area contributed by atoms with E-state index in [1.807, 2.05) is 6.92 Å². The standard InChI is InChI=1S/C10H18.C6H10O2/c1-2-6-9(5-1)10-7-3-4-8-10;1-3-5-8-6(7)4-2/h9-10H,1-8H2;4H,2-3,5H2,1H3. The predicted molar refractivity (Wildman–Crippen MR) is 75.4 cm³/mol. The van der Waals surface area contributed by atoms with Crippen molar-refractivity contribution in [2.45, 2.75) is 64.7 Å². The summed E-state index contributed by atoms with van der Waals surface area (Å²) >= 11 is 0. The fourth-order valence-corrected chi connectivity index (χ4v) is 3.12. The van der Waals surface area contributed by atoms with Crippen LogP contribution in [-0.2, 0) is 9.53 Å². The Hall–Kier alpha value is -0.790. The van der Waals surface area contributed by atoms with Gasteiger partial charge in [0.25, 0.3) is 0 Å². The van der Waals surface area contributed by atoms with Crippen molar-refractivity contribution in [3.05, 3.63) is 12.7 Å². The maximum atomic E-state index is 10.2. The van der Waals surface area contributed by atoms with Gasteiger partial charge >= 0.3 is 5.97 Å². The SMILES string of the molecule is C1CCC(C2CCCC2)C1.C=CC(=O)OCCC. The van der Waals surface area contributed by atoms with E-state index in [2.05, 4.69) is 11.3 Å². The third kappa shape index (κ3) is 5.70. The van der Waals surface area contributed by atoms with Gasteiger partial charge in [-0.1, -0.05) is 64.9 Å². The smallest absolute Gasteiger partial charge is 0.330 e. The van der Waals surface area contributed by atoms with Gasteiger partial charge in [-0.25, -0.2) is 4.79 Å². The number of ether oxygens (including phenoxy) is 1. The van der Waals surface area contributed by atoms with Crippen LogP contribution in [0.15, 0.2) is 12.7 Å². The molecule has 0 spiro atoms. The predicted octanol–water partition coefficient (Wildman–Crippen LogP) is 4.49. The molecule has 0 N–H and O–H groups in total. The van der Waals surface area contributed by atoms with Gasteiger partial charge in [0.2, 0.25) is 0 Å². The van der Waals surface area contributed by atoms with E-state index in [4.69, 9.17) is 0 Å². The molecule has 0 atom stereocenters. The van der Waals surface area contributed by atoms with Gasteiger partial charge in [0.15, 0.2) is 0 Å². The molecule has 2 nitrogen and oxygen atoms in total. The highest BCUT2D eigenvalue weighted by molar-refractivity contribution is 5.81. The third-order valence-corrected chi connectivity index (χ3v) is 4.08. The van der Waals surface area contributed by atoms with Crippen LogP contribution in [0, 0.1) is 11.8 Å². The molecule has 2 fully saturated rings. The average molecular weight is 252 g/mol. The lowest BCUT2D eigenvalue weighted by molar-refractivity contribution is -0.137. The monoisotopic (exact) mass is 252 g/mol. The average Bonchev–Trinajstić information content (AvgIpc) is 3.07. The lowest BCUT2D eigenvalue weighted by atomic mass is 9.90. The van der Waals surface area contributed by atoms with Gasteiger partial charge in [-0.15, -0.1) is 0 Å². The zero-order valence-electron chi connectivity index (χ0n) is 11.8. The summed E-state index contributed by atoms with van der Waals surface area (Å²) in [6, 6.07) is 0. The molecule has 0 aliphatic heterocycles. The van der Waals surface area contributed by atoms with Crippen molar-refractivity contribution < 1.29 is 9.53 Å². The van der Waals surface area contributed by atoms with Crippen molar-refractivity contribution in [2.24, 2.45) is 11.8 Å². The van der Waals surface area contributed by atoms with E-state index in [9.17, 15) is 4.79 Å². The van der Waals surface area contributed by atoms with Crippen LogP contribution in [0.2, 0.25) is 0 Å². The highest BCUT2D eigenvalue weighted by Gasteiger charge is 2.26. The molecule has 0 radical (unpaired) electrons. The van der Waals surface area contributed by atoms with E-state index < -0.39 is 0 Å².